The maximum absolute atomic E-state index is 5.57. The lowest BCUT2D eigenvalue weighted by molar-refractivity contribution is 0.0790. The molecular weight excluding hydrogens is 238 g/mol. The standard InChI is InChI=1S/C16H25NO2/c1-12(2)19-10-9-17-16-6-4-5-13-11-14(18-3)7-8-15(13)16/h7-8,11-12,16-17H,4-6,9-10H2,1-3H3. The van der Waals surface area contributed by atoms with Gasteiger partial charge in [0, 0.05) is 12.6 Å². The Bertz CT molecular complexity index is 404. The van der Waals surface area contributed by atoms with Crippen LogP contribution < -0.4 is 10.1 Å². The van der Waals surface area contributed by atoms with Crippen molar-refractivity contribution in [3.63, 3.8) is 0 Å². The number of methoxy groups -OCH3 is 1. The highest BCUT2D eigenvalue weighted by molar-refractivity contribution is 5.39. The van der Waals surface area contributed by atoms with Gasteiger partial charge in [-0.2, -0.15) is 0 Å². The number of hydrogen-bond donors (Lipinski definition) is 1. The van der Waals surface area contributed by atoms with Crippen LogP contribution in [0.5, 0.6) is 5.75 Å². The number of rotatable bonds is 6. The summed E-state index contributed by atoms with van der Waals surface area (Å²) in [5.41, 5.74) is 2.85. The van der Waals surface area contributed by atoms with E-state index in [0.717, 1.165) is 25.3 Å². The maximum Gasteiger partial charge on any atom is 0.119 e. The van der Waals surface area contributed by atoms with Gasteiger partial charge in [0.15, 0.2) is 0 Å². The van der Waals surface area contributed by atoms with Crippen LogP contribution in [0.2, 0.25) is 0 Å². The van der Waals surface area contributed by atoms with E-state index in [2.05, 4.69) is 37.4 Å². The summed E-state index contributed by atoms with van der Waals surface area (Å²) < 4.78 is 10.9. The molecule has 0 aromatic heterocycles. The Morgan fingerprint density at radius 1 is 1.37 bits per heavy atom. The predicted molar refractivity (Wildman–Crippen MR) is 77.8 cm³/mol. The highest BCUT2D eigenvalue weighted by atomic mass is 16.5. The van der Waals surface area contributed by atoms with Crippen LogP contribution in [-0.2, 0) is 11.2 Å². The maximum atomic E-state index is 5.57. The first kappa shape index (κ1) is 14.4. The summed E-state index contributed by atoms with van der Waals surface area (Å²) in [4.78, 5) is 0. The van der Waals surface area contributed by atoms with Gasteiger partial charge in [0.05, 0.1) is 19.8 Å². The fourth-order valence-electron chi connectivity index (χ4n) is 2.66. The SMILES string of the molecule is COc1ccc2c(c1)CCCC2NCCOC(C)C. The number of aryl methyl sites for hydroxylation is 1. The summed E-state index contributed by atoms with van der Waals surface area (Å²) in [6.45, 7) is 5.83. The van der Waals surface area contributed by atoms with E-state index < -0.39 is 0 Å². The van der Waals surface area contributed by atoms with E-state index in [-0.39, 0.29) is 0 Å². The number of benzene rings is 1. The molecule has 1 atom stereocenters. The van der Waals surface area contributed by atoms with E-state index in [1.54, 1.807) is 7.11 Å². The lowest BCUT2D eigenvalue weighted by atomic mass is 9.87. The van der Waals surface area contributed by atoms with Gasteiger partial charge in [-0.1, -0.05) is 6.07 Å². The van der Waals surface area contributed by atoms with Crippen LogP contribution in [0.3, 0.4) is 0 Å². The smallest absolute Gasteiger partial charge is 0.119 e. The molecule has 0 spiro atoms. The highest BCUT2D eigenvalue weighted by Gasteiger charge is 2.19. The van der Waals surface area contributed by atoms with Crippen LogP contribution in [0.15, 0.2) is 18.2 Å². The molecule has 1 unspecified atom stereocenters. The summed E-state index contributed by atoms with van der Waals surface area (Å²) >= 11 is 0. The van der Waals surface area contributed by atoms with E-state index >= 15 is 0 Å². The lowest BCUT2D eigenvalue weighted by Gasteiger charge is -2.27. The van der Waals surface area contributed by atoms with E-state index in [1.807, 2.05) is 0 Å². The van der Waals surface area contributed by atoms with Crippen molar-refractivity contribution in [1.29, 1.82) is 0 Å². The number of ether oxygens (including phenoxy) is 2. The molecule has 0 bridgehead atoms. The van der Waals surface area contributed by atoms with Gasteiger partial charge in [-0.05, 0) is 56.4 Å². The Morgan fingerprint density at radius 3 is 2.95 bits per heavy atom. The summed E-state index contributed by atoms with van der Waals surface area (Å²) in [7, 11) is 1.73. The first-order valence-corrected chi connectivity index (χ1v) is 7.22. The van der Waals surface area contributed by atoms with Gasteiger partial charge in [-0.25, -0.2) is 0 Å². The monoisotopic (exact) mass is 263 g/mol. The molecule has 1 aromatic carbocycles. The van der Waals surface area contributed by atoms with Crippen molar-refractivity contribution in [1.82, 2.24) is 5.32 Å². The summed E-state index contributed by atoms with van der Waals surface area (Å²) in [6, 6.07) is 6.90. The fraction of sp³-hybridized carbons (Fsp3) is 0.625. The Kier molecular flexibility index (Phi) is 5.23. The van der Waals surface area contributed by atoms with Crippen molar-refractivity contribution in [2.45, 2.75) is 45.3 Å². The van der Waals surface area contributed by atoms with E-state index in [9.17, 15) is 0 Å². The topological polar surface area (TPSA) is 30.5 Å². The molecule has 19 heavy (non-hydrogen) atoms. The van der Waals surface area contributed by atoms with E-state index in [1.165, 1.54) is 24.0 Å². The molecule has 0 aliphatic heterocycles. The molecular formula is C16H25NO2. The van der Waals surface area contributed by atoms with Crippen LogP contribution in [-0.4, -0.2) is 26.4 Å². The molecule has 3 heteroatoms. The van der Waals surface area contributed by atoms with Gasteiger partial charge in [-0.3, -0.25) is 0 Å². The van der Waals surface area contributed by atoms with Gasteiger partial charge < -0.3 is 14.8 Å². The largest absolute Gasteiger partial charge is 0.497 e. The first-order chi connectivity index (χ1) is 9.20. The molecule has 1 aliphatic carbocycles. The molecule has 0 heterocycles. The van der Waals surface area contributed by atoms with Crippen LogP contribution in [0, 0.1) is 0 Å². The van der Waals surface area contributed by atoms with Crippen molar-refractivity contribution in [2.24, 2.45) is 0 Å². The van der Waals surface area contributed by atoms with E-state index in [0.29, 0.717) is 12.1 Å². The fourth-order valence-corrected chi connectivity index (χ4v) is 2.66. The van der Waals surface area contributed by atoms with Crippen LogP contribution in [0.1, 0.15) is 43.9 Å². The second kappa shape index (κ2) is 6.92. The normalized spacial score (nSPS) is 18.4. The molecule has 0 radical (unpaired) electrons. The Morgan fingerprint density at radius 2 is 2.21 bits per heavy atom. The average Bonchev–Trinajstić information content (AvgIpc) is 2.42. The summed E-state index contributed by atoms with van der Waals surface area (Å²) in [6.07, 6.45) is 3.92. The molecule has 0 fully saturated rings. The molecule has 0 amide bonds. The molecule has 0 saturated carbocycles. The van der Waals surface area contributed by atoms with Crippen LogP contribution in [0.4, 0.5) is 0 Å². The molecule has 106 valence electrons. The summed E-state index contributed by atoms with van der Waals surface area (Å²) in [5, 5.41) is 3.60. The molecule has 1 aliphatic rings. The Labute approximate surface area is 116 Å². The van der Waals surface area contributed by atoms with Crippen LogP contribution >= 0.6 is 0 Å². The van der Waals surface area contributed by atoms with Crippen molar-refractivity contribution in [3.8, 4) is 5.75 Å². The van der Waals surface area contributed by atoms with Gasteiger partial charge in [0.25, 0.3) is 0 Å². The highest BCUT2D eigenvalue weighted by Crippen LogP contribution is 2.31. The van der Waals surface area contributed by atoms with Crippen LogP contribution in [0.25, 0.3) is 0 Å². The number of nitrogens with one attached hydrogen (secondary N) is 1. The Hall–Kier alpha value is -1.06. The minimum atomic E-state index is 0.310. The number of hydrogen-bond acceptors (Lipinski definition) is 3. The Balaban J connectivity index is 1.94. The molecule has 0 saturated heterocycles. The lowest BCUT2D eigenvalue weighted by Crippen LogP contribution is -2.28. The van der Waals surface area contributed by atoms with Gasteiger partial charge >= 0.3 is 0 Å². The zero-order chi connectivity index (χ0) is 13.7. The van der Waals surface area contributed by atoms with Crippen molar-refractivity contribution in [2.75, 3.05) is 20.3 Å². The van der Waals surface area contributed by atoms with Crippen molar-refractivity contribution < 1.29 is 9.47 Å². The second-order valence-electron chi connectivity index (χ2n) is 5.38. The zero-order valence-corrected chi connectivity index (χ0v) is 12.2. The van der Waals surface area contributed by atoms with Gasteiger partial charge in [0.1, 0.15) is 5.75 Å². The van der Waals surface area contributed by atoms with Crippen molar-refractivity contribution >= 4 is 0 Å². The third-order valence-electron chi connectivity index (χ3n) is 3.61. The number of fused-ring (bicyclic) bond motifs is 1. The molecule has 1 N–H and O–H groups in total. The molecule has 1 aromatic rings. The summed E-state index contributed by atoms with van der Waals surface area (Å²) in [5.74, 6) is 0.961. The quantitative estimate of drug-likeness (QED) is 0.800. The van der Waals surface area contributed by atoms with E-state index in [4.69, 9.17) is 9.47 Å². The molecule has 3 nitrogen and oxygen atoms in total. The third-order valence-corrected chi connectivity index (χ3v) is 3.61. The average molecular weight is 263 g/mol. The molecule has 2 rings (SSSR count). The predicted octanol–water partition coefficient (Wildman–Crippen LogP) is 3.09. The second-order valence-corrected chi connectivity index (χ2v) is 5.38. The minimum absolute atomic E-state index is 0.310. The van der Waals surface area contributed by atoms with Gasteiger partial charge in [-0.15, -0.1) is 0 Å². The zero-order valence-electron chi connectivity index (χ0n) is 12.2. The third kappa shape index (κ3) is 3.95. The van der Waals surface area contributed by atoms with Gasteiger partial charge in [0.2, 0.25) is 0 Å². The first-order valence-electron chi connectivity index (χ1n) is 7.22. The van der Waals surface area contributed by atoms with Crippen molar-refractivity contribution in [3.05, 3.63) is 29.3 Å². The minimum Gasteiger partial charge on any atom is -0.497 e.